The van der Waals surface area contributed by atoms with Gasteiger partial charge in [0.15, 0.2) is 0 Å². The molecule has 0 bridgehead atoms. The number of carbonyl (C=O) groups excluding carboxylic acids is 1. The van der Waals surface area contributed by atoms with E-state index in [0.29, 0.717) is 41.0 Å². The molecule has 3 aromatic rings. The van der Waals surface area contributed by atoms with Crippen molar-refractivity contribution >= 4 is 5.97 Å². The Morgan fingerprint density at radius 1 is 1.03 bits per heavy atom. The fourth-order valence-corrected chi connectivity index (χ4v) is 2.84. The van der Waals surface area contributed by atoms with Gasteiger partial charge in [-0.2, -0.15) is 0 Å². The number of rotatable bonds is 8. The van der Waals surface area contributed by atoms with Gasteiger partial charge in [-0.05, 0) is 54.7 Å². The second kappa shape index (κ2) is 8.90. The number of benzene rings is 1. The second-order valence-corrected chi connectivity index (χ2v) is 7.13. The Hall–Kier alpha value is -3.48. The summed E-state index contributed by atoms with van der Waals surface area (Å²) in [6.07, 6.45) is 5.51. The van der Waals surface area contributed by atoms with Gasteiger partial charge in [0.2, 0.25) is 5.88 Å². The third-order valence-corrected chi connectivity index (χ3v) is 4.74. The van der Waals surface area contributed by atoms with Gasteiger partial charge in [0.25, 0.3) is 0 Å². The van der Waals surface area contributed by atoms with Crippen molar-refractivity contribution in [2.75, 3.05) is 13.7 Å². The maximum atomic E-state index is 14.1. The average molecular weight is 408 g/mol. The standard InChI is InChI=1S/C23H21FN2O4/c1-28-23(27)17-4-6-20(25-12-17)14-29-21-9-18(8-19(24)10-21)16-5-7-22(26-11-16)30-13-15-2-3-15/h4-12,15H,2-3,13-14H2,1H3. The number of aromatic nitrogens is 2. The predicted molar refractivity (Wildman–Crippen MR) is 108 cm³/mol. The summed E-state index contributed by atoms with van der Waals surface area (Å²) in [5.41, 5.74) is 2.37. The summed E-state index contributed by atoms with van der Waals surface area (Å²) < 4.78 is 30.1. The number of nitrogens with zero attached hydrogens (tertiary/aromatic N) is 2. The zero-order valence-electron chi connectivity index (χ0n) is 16.5. The van der Waals surface area contributed by atoms with Crippen LogP contribution in [-0.4, -0.2) is 29.7 Å². The smallest absolute Gasteiger partial charge is 0.339 e. The van der Waals surface area contributed by atoms with Crippen molar-refractivity contribution in [3.05, 3.63) is 71.9 Å². The van der Waals surface area contributed by atoms with Crippen LogP contribution in [0, 0.1) is 11.7 Å². The highest BCUT2D eigenvalue weighted by Gasteiger charge is 2.22. The Balaban J connectivity index is 1.41. The van der Waals surface area contributed by atoms with Crippen molar-refractivity contribution < 1.29 is 23.4 Å². The number of pyridine rings is 2. The average Bonchev–Trinajstić information content (AvgIpc) is 3.61. The first-order valence-corrected chi connectivity index (χ1v) is 9.66. The maximum Gasteiger partial charge on any atom is 0.339 e. The summed E-state index contributed by atoms with van der Waals surface area (Å²) in [6, 6.07) is 11.4. The van der Waals surface area contributed by atoms with Gasteiger partial charge in [0.05, 0.1) is 25.0 Å². The number of halogens is 1. The summed E-state index contributed by atoms with van der Waals surface area (Å²) >= 11 is 0. The Bertz CT molecular complexity index is 1020. The molecule has 7 heteroatoms. The van der Waals surface area contributed by atoms with Gasteiger partial charge in [-0.3, -0.25) is 4.98 Å². The maximum absolute atomic E-state index is 14.1. The van der Waals surface area contributed by atoms with Crippen LogP contribution < -0.4 is 9.47 Å². The lowest BCUT2D eigenvalue weighted by molar-refractivity contribution is 0.0600. The molecule has 30 heavy (non-hydrogen) atoms. The lowest BCUT2D eigenvalue weighted by Gasteiger charge is -2.10. The van der Waals surface area contributed by atoms with E-state index < -0.39 is 11.8 Å². The molecule has 0 amide bonds. The van der Waals surface area contributed by atoms with E-state index in [2.05, 4.69) is 14.7 Å². The van der Waals surface area contributed by atoms with Gasteiger partial charge in [-0.25, -0.2) is 14.2 Å². The van der Waals surface area contributed by atoms with E-state index in [4.69, 9.17) is 9.47 Å². The van der Waals surface area contributed by atoms with E-state index >= 15 is 0 Å². The van der Waals surface area contributed by atoms with E-state index in [1.54, 1.807) is 30.5 Å². The van der Waals surface area contributed by atoms with Crippen LogP contribution in [0.3, 0.4) is 0 Å². The minimum Gasteiger partial charge on any atom is -0.487 e. The number of hydrogen-bond acceptors (Lipinski definition) is 6. The summed E-state index contributed by atoms with van der Waals surface area (Å²) in [4.78, 5) is 19.9. The highest BCUT2D eigenvalue weighted by atomic mass is 19.1. The SMILES string of the molecule is COC(=O)c1ccc(COc2cc(F)cc(-c3ccc(OCC4CC4)nc3)c2)nc1. The number of methoxy groups -OCH3 is 1. The van der Waals surface area contributed by atoms with Crippen molar-refractivity contribution in [1.29, 1.82) is 0 Å². The molecule has 1 aliphatic rings. The first-order valence-electron chi connectivity index (χ1n) is 9.66. The van der Waals surface area contributed by atoms with Gasteiger partial charge >= 0.3 is 5.97 Å². The fraction of sp³-hybridized carbons (Fsp3) is 0.261. The van der Waals surface area contributed by atoms with Gasteiger partial charge in [0.1, 0.15) is 18.2 Å². The highest BCUT2D eigenvalue weighted by molar-refractivity contribution is 5.88. The normalized spacial score (nSPS) is 13.0. The Kier molecular flexibility index (Phi) is 5.88. The molecule has 1 aromatic carbocycles. The topological polar surface area (TPSA) is 70.5 Å². The van der Waals surface area contributed by atoms with E-state index in [-0.39, 0.29) is 6.61 Å². The van der Waals surface area contributed by atoms with Crippen LogP contribution in [0.5, 0.6) is 11.6 Å². The number of carbonyl (C=O) groups is 1. The number of esters is 1. The van der Waals surface area contributed by atoms with Gasteiger partial charge in [-0.1, -0.05) is 0 Å². The molecule has 1 saturated carbocycles. The first-order chi connectivity index (χ1) is 14.6. The second-order valence-electron chi connectivity index (χ2n) is 7.13. The molecule has 0 N–H and O–H groups in total. The van der Waals surface area contributed by atoms with Crippen LogP contribution in [0.4, 0.5) is 4.39 Å². The molecular formula is C23H21FN2O4. The molecule has 0 saturated heterocycles. The van der Waals surface area contributed by atoms with Crippen molar-refractivity contribution in [2.24, 2.45) is 5.92 Å². The molecule has 0 spiro atoms. The molecule has 4 rings (SSSR count). The third-order valence-electron chi connectivity index (χ3n) is 4.74. The van der Waals surface area contributed by atoms with Crippen LogP contribution >= 0.6 is 0 Å². The first kappa shape index (κ1) is 19.8. The molecular weight excluding hydrogens is 387 g/mol. The van der Waals surface area contributed by atoms with E-state index in [1.807, 2.05) is 6.07 Å². The summed E-state index contributed by atoms with van der Waals surface area (Å²) in [5, 5.41) is 0. The van der Waals surface area contributed by atoms with Crippen molar-refractivity contribution in [1.82, 2.24) is 9.97 Å². The molecule has 2 heterocycles. The Labute approximate surface area is 173 Å². The minimum absolute atomic E-state index is 0.135. The molecule has 0 unspecified atom stereocenters. The third kappa shape index (κ3) is 5.11. The zero-order chi connectivity index (χ0) is 20.9. The largest absolute Gasteiger partial charge is 0.487 e. The van der Waals surface area contributed by atoms with Crippen LogP contribution in [0.15, 0.2) is 54.9 Å². The molecule has 2 aromatic heterocycles. The van der Waals surface area contributed by atoms with Crippen molar-refractivity contribution in [3.8, 4) is 22.8 Å². The molecule has 1 fully saturated rings. The Morgan fingerprint density at radius 3 is 2.57 bits per heavy atom. The van der Waals surface area contributed by atoms with Crippen LogP contribution in [0.2, 0.25) is 0 Å². The summed E-state index contributed by atoms with van der Waals surface area (Å²) in [6.45, 7) is 0.829. The monoisotopic (exact) mass is 408 g/mol. The van der Waals surface area contributed by atoms with Crippen LogP contribution in [0.1, 0.15) is 28.9 Å². The van der Waals surface area contributed by atoms with Gasteiger partial charge in [0, 0.05) is 30.1 Å². The predicted octanol–water partition coefficient (Wildman–Crippen LogP) is 4.44. The number of ether oxygens (including phenoxy) is 3. The molecule has 1 aliphatic carbocycles. The van der Waals surface area contributed by atoms with Crippen molar-refractivity contribution in [2.45, 2.75) is 19.4 Å². The van der Waals surface area contributed by atoms with E-state index in [0.717, 1.165) is 5.56 Å². The lowest BCUT2D eigenvalue weighted by Crippen LogP contribution is -2.04. The molecule has 0 atom stereocenters. The molecule has 154 valence electrons. The summed E-state index contributed by atoms with van der Waals surface area (Å²) in [7, 11) is 1.31. The molecule has 0 radical (unpaired) electrons. The van der Waals surface area contributed by atoms with Crippen LogP contribution in [0.25, 0.3) is 11.1 Å². The highest BCUT2D eigenvalue weighted by Crippen LogP contribution is 2.30. The lowest BCUT2D eigenvalue weighted by atomic mass is 10.1. The number of hydrogen-bond donors (Lipinski definition) is 0. The van der Waals surface area contributed by atoms with E-state index in [1.165, 1.54) is 38.3 Å². The zero-order valence-corrected chi connectivity index (χ0v) is 16.5. The van der Waals surface area contributed by atoms with Gasteiger partial charge in [-0.15, -0.1) is 0 Å². The summed E-state index contributed by atoms with van der Waals surface area (Å²) in [5.74, 6) is 0.728. The molecule has 0 aliphatic heterocycles. The Morgan fingerprint density at radius 2 is 1.90 bits per heavy atom. The fourth-order valence-electron chi connectivity index (χ4n) is 2.84. The quantitative estimate of drug-likeness (QED) is 0.514. The van der Waals surface area contributed by atoms with Crippen molar-refractivity contribution in [3.63, 3.8) is 0 Å². The van der Waals surface area contributed by atoms with Gasteiger partial charge < -0.3 is 14.2 Å². The van der Waals surface area contributed by atoms with Crippen LogP contribution in [-0.2, 0) is 11.3 Å². The minimum atomic E-state index is -0.456. The van der Waals surface area contributed by atoms with E-state index in [9.17, 15) is 9.18 Å². The molecule has 6 nitrogen and oxygen atoms in total.